The number of nitrogens with two attached hydrogens (primary N) is 1. The molecule has 0 amide bonds. The van der Waals surface area contributed by atoms with Gasteiger partial charge in [-0.15, -0.1) is 11.3 Å². The molecule has 2 aromatic rings. The number of hydrogen-bond donors (Lipinski definition) is 2. The van der Waals surface area contributed by atoms with Crippen LogP contribution in [-0.2, 0) is 6.42 Å². The van der Waals surface area contributed by atoms with Gasteiger partial charge in [-0.1, -0.05) is 29.8 Å². The minimum atomic E-state index is 0.209. The van der Waals surface area contributed by atoms with E-state index in [1.165, 1.54) is 16.0 Å². The van der Waals surface area contributed by atoms with Gasteiger partial charge in [0.1, 0.15) is 0 Å². The molecule has 1 unspecified atom stereocenters. The normalized spacial score (nSPS) is 12.6. The Morgan fingerprint density at radius 1 is 1.28 bits per heavy atom. The molecule has 1 heterocycles. The fourth-order valence-electron chi connectivity index (χ4n) is 1.91. The molecular formula is C14H17BrN2S. The fraction of sp³-hybridized carbons (Fsp3) is 0.286. The van der Waals surface area contributed by atoms with Crippen LogP contribution in [0.2, 0.25) is 0 Å². The second-order valence-corrected chi connectivity index (χ2v) is 6.18. The first kappa shape index (κ1) is 13.7. The van der Waals surface area contributed by atoms with Crippen LogP contribution in [0.3, 0.4) is 0 Å². The van der Waals surface area contributed by atoms with Crippen LogP contribution in [0.4, 0.5) is 0 Å². The number of hydrazine groups is 1. The summed E-state index contributed by atoms with van der Waals surface area (Å²) < 4.78 is 1.14. The van der Waals surface area contributed by atoms with Crippen molar-refractivity contribution in [2.75, 3.05) is 0 Å². The predicted octanol–water partition coefficient (Wildman–Crippen LogP) is 3.96. The van der Waals surface area contributed by atoms with Gasteiger partial charge in [0.25, 0.3) is 0 Å². The van der Waals surface area contributed by atoms with Crippen molar-refractivity contribution in [3.05, 3.63) is 56.2 Å². The molecule has 0 saturated heterocycles. The Morgan fingerprint density at radius 2 is 2.00 bits per heavy atom. The van der Waals surface area contributed by atoms with Crippen molar-refractivity contribution in [3.63, 3.8) is 0 Å². The highest BCUT2D eigenvalue weighted by Crippen LogP contribution is 2.31. The van der Waals surface area contributed by atoms with Gasteiger partial charge in [-0.05, 0) is 52.7 Å². The number of rotatable bonds is 5. The van der Waals surface area contributed by atoms with Crippen LogP contribution in [0.5, 0.6) is 0 Å². The minimum absolute atomic E-state index is 0.209. The van der Waals surface area contributed by atoms with Crippen LogP contribution in [0.25, 0.3) is 0 Å². The Hall–Kier alpha value is -0.680. The SMILES string of the molecule is Cc1ccc(CCC(NN)c2sccc2Br)cc1. The van der Waals surface area contributed by atoms with E-state index < -0.39 is 0 Å². The largest absolute Gasteiger partial charge is 0.271 e. The standard InChI is InChI=1S/C14H17BrN2S/c1-10-2-4-11(5-3-10)6-7-13(17-16)14-12(15)8-9-18-14/h2-5,8-9,13,17H,6-7,16H2,1H3. The zero-order valence-electron chi connectivity index (χ0n) is 10.3. The van der Waals surface area contributed by atoms with Crippen LogP contribution in [0.15, 0.2) is 40.2 Å². The van der Waals surface area contributed by atoms with E-state index in [1.54, 1.807) is 11.3 Å². The molecule has 0 saturated carbocycles. The first-order chi connectivity index (χ1) is 8.70. The van der Waals surface area contributed by atoms with Crippen molar-refractivity contribution in [2.24, 2.45) is 5.84 Å². The zero-order chi connectivity index (χ0) is 13.0. The lowest BCUT2D eigenvalue weighted by atomic mass is 10.0. The van der Waals surface area contributed by atoms with Gasteiger partial charge in [-0.3, -0.25) is 11.3 Å². The molecule has 1 atom stereocenters. The van der Waals surface area contributed by atoms with E-state index in [-0.39, 0.29) is 6.04 Å². The quantitative estimate of drug-likeness (QED) is 0.645. The molecule has 0 spiro atoms. The number of halogens is 1. The summed E-state index contributed by atoms with van der Waals surface area (Å²) in [5.41, 5.74) is 5.56. The molecule has 18 heavy (non-hydrogen) atoms. The van der Waals surface area contributed by atoms with E-state index in [1.807, 2.05) is 0 Å². The highest BCUT2D eigenvalue weighted by atomic mass is 79.9. The molecule has 0 radical (unpaired) electrons. The summed E-state index contributed by atoms with van der Waals surface area (Å²) in [5, 5.41) is 2.08. The van der Waals surface area contributed by atoms with Gasteiger partial charge in [-0.25, -0.2) is 0 Å². The average molecular weight is 325 g/mol. The Bertz CT molecular complexity index is 493. The molecular weight excluding hydrogens is 308 g/mol. The molecule has 1 aromatic heterocycles. The van der Waals surface area contributed by atoms with Gasteiger partial charge in [0.2, 0.25) is 0 Å². The zero-order valence-corrected chi connectivity index (χ0v) is 12.7. The molecule has 0 fully saturated rings. The van der Waals surface area contributed by atoms with Crippen molar-refractivity contribution < 1.29 is 0 Å². The molecule has 96 valence electrons. The molecule has 0 aliphatic heterocycles. The lowest BCUT2D eigenvalue weighted by Gasteiger charge is -2.15. The molecule has 0 aliphatic rings. The van der Waals surface area contributed by atoms with Crippen LogP contribution in [-0.4, -0.2) is 0 Å². The Morgan fingerprint density at radius 3 is 2.56 bits per heavy atom. The highest BCUT2D eigenvalue weighted by Gasteiger charge is 2.14. The fourth-order valence-corrected chi connectivity index (χ4v) is 3.66. The third-order valence-corrected chi connectivity index (χ3v) is 4.99. The molecule has 0 bridgehead atoms. The number of aryl methyl sites for hydroxylation is 2. The van der Waals surface area contributed by atoms with Crippen molar-refractivity contribution in [1.82, 2.24) is 5.43 Å². The monoisotopic (exact) mass is 324 g/mol. The van der Waals surface area contributed by atoms with Crippen LogP contribution >= 0.6 is 27.3 Å². The van der Waals surface area contributed by atoms with Gasteiger partial charge in [-0.2, -0.15) is 0 Å². The van der Waals surface area contributed by atoms with Crippen molar-refractivity contribution in [3.8, 4) is 0 Å². The smallest absolute Gasteiger partial charge is 0.0567 e. The van der Waals surface area contributed by atoms with E-state index >= 15 is 0 Å². The number of thiophene rings is 1. The van der Waals surface area contributed by atoms with Crippen molar-refractivity contribution in [2.45, 2.75) is 25.8 Å². The Labute approximate surface area is 120 Å². The third-order valence-electron chi connectivity index (χ3n) is 3.00. The molecule has 3 N–H and O–H groups in total. The predicted molar refractivity (Wildman–Crippen MR) is 81.6 cm³/mol. The molecule has 4 heteroatoms. The summed E-state index contributed by atoms with van der Waals surface area (Å²) in [6, 6.07) is 11.0. The second kappa shape index (κ2) is 6.48. The first-order valence-electron chi connectivity index (χ1n) is 5.95. The summed E-state index contributed by atoms with van der Waals surface area (Å²) in [4.78, 5) is 1.27. The molecule has 1 aromatic carbocycles. The van der Waals surface area contributed by atoms with Crippen LogP contribution in [0, 0.1) is 6.92 Å². The maximum Gasteiger partial charge on any atom is 0.0567 e. The van der Waals surface area contributed by atoms with E-state index in [0.717, 1.165) is 17.3 Å². The number of hydrogen-bond acceptors (Lipinski definition) is 3. The van der Waals surface area contributed by atoms with E-state index in [9.17, 15) is 0 Å². The van der Waals surface area contributed by atoms with Gasteiger partial charge in [0, 0.05) is 9.35 Å². The number of benzene rings is 1. The molecule has 2 rings (SSSR count). The first-order valence-corrected chi connectivity index (χ1v) is 7.62. The Balaban J connectivity index is 2.00. The van der Waals surface area contributed by atoms with Crippen molar-refractivity contribution in [1.29, 1.82) is 0 Å². The summed E-state index contributed by atoms with van der Waals surface area (Å²) in [7, 11) is 0. The maximum atomic E-state index is 5.66. The van der Waals surface area contributed by atoms with E-state index in [4.69, 9.17) is 5.84 Å². The lowest BCUT2D eigenvalue weighted by molar-refractivity contribution is 0.522. The summed E-state index contributed by atoms with van der Waals surface area (Å²) >= 11 is 5.29. The average Bonchev–Trinajstić information content (AvgIpc) is 2.79. The number of nitrogens with one attached hydrogen (secondary N) is 1. The highest BCUT2D eigenvalue weighted by molar-refractivity contribution is 9.10. The minimum Gasteiger partial charge on any atom is -0.271 e. The van der Waals surface area contributed by atoms with Gasteiger partial charge in [0.05, 0.1) is 6.04 Å². The van der Waals surface area contributed by atoms with Crippen LogP contribution in [0.1, 0.15) is 28.5 Å². The lowest BCUT2D eigenvalue weighted by Crippen LogP contribution is -2.28. The van der Waals surface area contributed by atoms with Crippen molar-refractivity contribution >= 4 is 27.3 Å². The molecule has 0 aliphatic carbocycles. The Kier molecular flexibility index (Phi) is 4.95. The second-order valence-electron chi connectivity index (χ2n) is 4.38. The van der Waals surface area contributed by atoms with E-state index in [2.05, 4.69) is 64.0 Å². The summed E-state index contributed by atoms with van der Waals surface area (Å²) in [5.74, 6) is 5.66. The summed E-state index contributed by atoms with van der Waals surface area (Å²) in [6.07, 6.45) is 2.03. The van der Waals surface area contributed by atoms with Gasteiger partial charge in [0.15, 0.2) is 0 Å². The summed E-state index contributed by atoms with van der Waals surface area (Å²) in [6.45, 7) is 2.11. The van der Waals surface area contributed by atoms with E-state index in [0.29, 0.717) is 0 Å². The third kappa shape index (κ3) is 3.42. The topological polar surface area (TPSA) is 38.0 Å². The van der Waals surface area contributed by atoms with Crippen LogP contribution < -0.4 is 11.3 Å². The maximum absolute atomic E-state index is 5.66. The molecule has 2 nitrogen and oxygen atoms in total. The van der Waals surface area contributed by atoms with Gasteiger partial charge < -0.3 is 0 Å². The van der Waals surface area contributed by atoms with Gasteiger partial charge >= 0.3 is 0 Å².